The number of likely N-dealkylation sites (N-methyl/N-ethyl adjacent to an activating group) is 2. The Hall–Kier alpha value is -8.83. The SMILES string of the molecule is CCC(C)[C@@H]([C@@H](CC(=O)N1CCC[C@H]1[C@H](OC)[C@@H](C)C(=O)N[C@H](C)[C@@H](O)c1ccccc1)OC)N(C)C(=O)[C@@H](CC(=O)[C@H](C(C)C)N(C)C(=O)OCc1ccc(NC(=O)[C@H](CCCNC(N)=O)CC(=O)[C@@H](NC(=O)CCOCCOCCOCCOCCOCCOCCNC(=O)CCC(=O)CCn2c(CN(C)CC)cc3ccccc32)C(C)C)cc1)C(C)C. The number of hydrogen-bond donors (Lipinski definition) is 7. The second-order valence-electron chi connectivity index (χ2n) is 33.6. The standard InChI is InChI=1S/C93H147N11O21/c1-17-65(9)86(80(117-15)59-83(110)104-42-25-31-77(104)88(118-16)66(10)89(112)97-67(11)87(111)69-26-20-19-21-27-69)101(13)91(114)75(62(3)4)58-79(107)85(64(7)8)102(14)93(116)125-61-68-32-34-72(35-33-68)98-90(113)71(29-24-40-96-92(94)115)57-78(106)84(63(5)6)99-82(109)39-44-119-46-48-121-50-52-123-54-55-124-53-51-122-49-47-120-45-41-95-81(108)37-36-74(105)38-43-103-73(60-100(12)18-2)56-70-28-22-23-30-76(70)103/h19-23,26-28,30,32-35,56,62-67,71,75,77,80,84-88,111H,17-18,24-25,29,31,36-55,57-61H2,1-16H3,(H,95,108)(H,97,112)(H,98,113)(H,99,109)(H3,94,96,115)/t65?,66-,67-,71-,75+,77+,80-,84+,85+,86+,87-,88-/m1/s1. The molecule has 2 heterocycles. The van der Waals surface area contributed by atoms with Crippen LogP contribution < -0.4 is 32.3 Å². The molecule has 12 atom stereocenters. The van der Waals surface area contributed by atoms with Crippen LogP contribution in [0.5, 0.6) is 0 Å². The first-order valence-electron chi connectivity index (χ1n) is 44.6. The second-order valence-corrected chi connectivity index (χ2v) is 33.6. The van der Waals surface area contributed by atoms with Gasteiger partial charge in [-0.1, -0.05) is 136 Å². The summed E-state index contributed by atoms with van der Waals surface area (Å²) in [5, 5.41) is 26.1. The first kappa shape index (κ1) is 107. The number of hydrogen-bond acceptors (Lipinski definition) is 22. The minimum atomic E-state index is -0.979. The number of carbonyl (C=O) groups excluding carboxylic acids is 11. The zero-order valence-electron chi connectivity index (χ0n) is 77.1. The second kappa shape index (κ2) is 57.8. The van der Waals surface area contributed by atoms with E-state index in [1.807, 2.05) is 71.9 Å². The van der Waals surface area contributed by atoms with Crippen molar-refractivity contribution < 1.29 is 100 Å². The quantitative estimate of drug-likeness (QED) is 0.0202. The number of aromatic nitrogens is 1. The molecule has 1 aliphatic rings. The molecule has 0 bridgehead atoms. The number of aryl methyl sites for hydroxylation is 1. The lowest BCUT2D eigenvalue weighted by Crippen LogP contribution is -2.55. The molecule has 32 nitrogen and oxygen atoms in total. The smallest absolute Gasteiger partial charge is 0.410 e. The highest BCUT2D eigenvalue weighted by Gasteiger charge is 2.44. The highest BCUT2D eigenvalue weighted by atomic mass is 16.6. The number of ketones is 3. The molecule has 3 aromatic carbocycles. The van der Waals surface area contributed by atoms with Gasteiger partial charge in [-0.2, -0.15) is 0 Å². The van der Waals surface area contributed by atoms with Gasteiger partial charge in [0.15, 0.2) is 11.6 Å². The number of ether oxygens (including phenoxy) is 9. The summed E-state index contributed by atoms with van der Waals surface area (Å²) in [7, 11) is 8.27. The number of nitrogens with two attached hydrogens (primary N) is 1. The van der Waals surface area contributed by atoms with E-state index in [0.717, 1.165) is 29.7 Å². The van der Waals surface area contributed by atoms with Crippen molar-refractivity contribution in [1.29, 1.82) is 0 Å². The molecule has 1 aliphatic heterocycles. The molecule has 32 heteroatoms. The largest absolute Gasteiger partial charge is 0.445 e. The van der Waals surface area contributed by atoms with Crippen LogP contribution in [0.15, 0.2) is 84.9 Å². The van der Waals surface area contributed by atoms with Crippen LogP contribution in [0, 0.1) is 41.4 Å². The molecule has 1 saturated heterocycles. The van der Waals surface area contributed by atoms with Crippen LogP contribution in [0.4, 0.5) is 15.3 Å². The van der Waals surface area contributed by atoms with Gasteiger partial charge in [-0.15, -0.1) is 0 Å². The fourth-order valence-corrected chi connectivity index (χ4v) is 15.7. The number of aliphatic hydroxyl groups excluding tert-OH is 1. The number of para-hydroxylation sites is 1. The number of carbonyl (C=O) groups is 11. The van der Waals surface area contributed by atoms with E-state index in [4.69, 9.17) is 48.4 Å². The number of benzene rings is 3. The zero-order chi connectivity index (χ0) is 92.1. The maximum absolute atomic E-state index is 14.9. The number of urea groups is 1. The molecule has 1 unspecified atom stereocenters. The van der Waals surface area contributed by atoms with Crippen molar-refractivity contribution in [2.24, 2.45) is 47.2 Å². The number of primary amides is 1. The zero-order valence-corrected chi connectivity index (χ0v) is 77.1. The highest BCUT2D eigenvalue weighted by molar-refractivity contribution is 5.98. The highest BCUT2D eigenvalue weighted by Crippen LogP contribution is 2.33. The van der Waals surface area contributed by atoms with E-state index >= 15 is 0 Å². The molecular formula is C93H147N11O21. The lowest BCUT2D eigenvalue weighted by Gasteiger charge is -2.41. The number of Topliss-reactive ketones (excluding diaryl/α,β-unsaturated/α-hetero) is 3. The van der Waals surface area contributed by atoms with Gasteiger partial charge in [-0.25, -0.2) is 9.59 Å². The van der Waals surface area contributed by atoms with Crippen molar-refractivity contribution in [1.82, 2.24) is 45.4 Å². The third-order valence-corrected chi connectivity index (χ3v) is 23.2. The van der Waals surface area contributed by atoms with Crippen LogP contribution in [0.3, 0.4) is 0 Å². The maximum atomic E-state index is 14.9. The van der Waals surface area contributed by atoms with Gasteiger partial charge in [0.2, 0.25) is 35.4 Å². The van der Waals surface area contributed by atoms with E-state index in [0.29, 0.717) is 128 Å². The van der Waals surface area contributed by atoms with Crippen LogP contribution >= 0.6 is 0 Å². The van der Waals surface area contributed by atoms with Crippen LogP contribution in [0.2, 0.25) is 0 Å². The predicted molar refractivity (Wildman–Crippen MR) is 477 cm³/mol. The van der Waals surface area contributed by atoms with E-state index in [9.17, 15) is 57.8 Å². The van der Waals surface area contributed by atoms with Gasteiger partial charge in [0.25, 0.3) is 0 Å². The van der Waals surface area contributed by atoms with E-state index in [-0.39, 0.29) is 137 Å². The van der Waals surface area contributed by atoms with Crippen molar-refractivity contribution in [2.45, 2.75) is 221 Å². The van der Waals surface area contributed by atoms with Crippen LogP contribution in [-0.2, 0) is 105 Å². The number of likely N-dealkylation sites (tertiary alicyclic amines) is 1. The fourth-order valence-electron chi connectivity index (χ4n) is 15.7. The summed E-state index contributed by atoms with van der Waals surface area (Å²) in [4.78, 5) is 157. The summed E-state index contributed by atoms with van der Waals surface area (Å²) in [5.74, 6) is -6.16. The number of fused-ring (bicyclic) bond motifs is 1. The number of nitrogens with zero attached hydrogens (tertiary/aromatic N) is 5. The fraction of sp³-hybridized carbons (Fsp3) is 0.667. The molecule has 1 aromatic heterocycles. The minimum Gasteiger partial charge on any atom is -0.445 e. The van der Waals surface area contributed by atoms with Gasteiger partial charge in [-0.3, -0.25) is 43.2 Å². The average molecular weight is 1760 g/mol. The van der Waals surface area contributed by atoms with Crippen molar-refractivity contribution >= 4 is 81.5 Å². The van der Waals surface area contributed by atoms with Crippen molar-refractivity contribution in [3.8, 4) is 0 Å². The summed E-state index contributed by atoms with van der Waals surface area (Å²) < 4.78 is 53.6. The van der Waals surface area contributed by atoms with Crippen molar-refractivity contribution in [2.75, 3.05) is 146 Å². The first-order valence-corrected chi connectivity index (χ1v) is 44.6. The number of anilines is 1. The molecule has 0 radical (unpaired) electrons. The third kappa shape index (κ3) is 36.8. The molecular weight excluding hydrogens is 1610 g/mol. The molecule has 1 fully saturated rings. The topological polar surface area (TPSA) is 395 Å². The molecule has 9 amide bonds. The first-order chi connectivity index (χ1) is 59.8. The summed E-state index contributed by atoms with van der Waals surface area (Å²) in [6.07, 6.45) is -0.583. The number of nitrogens with one attached hydrogen (secondary N) is 5. The van der Waals surface area contributed by atoms with Crippen molar-refractivity contribution in [3.63, 3.8) is 0 Å². The Balaban J connectivity index is 0.977. The molecule has 700 valence electrons. The molecule has 0 spiro atoms. The molecule has 5 rings (SSSR count). The average Bonchev–Trinajstić information content (AvgIpc) is 1.70. The molecule has 8 N–H and O–H groups in total. The maximum Gasteiger partial charge on any atom is 0.410 e. The van der Waals surface area contributed by atoms with E-state index in [1.165, 1.54) is 26.2 Å². The molecule has 4 aromatic rings. The number of methoxy groups -OCH3 is 2. The van der Waals surface area contributed by atoms with Crippen LogP contribution in [0.1, 0.15) is 176 Å². The van der Waals surface area contributed by atoms with Crippen LogP contribution in [0.25, 0.3) is 10.9 Å². The Bertz CT molecular complexity index is 3920. The monoisotopic (exact) mass is 1750 g/mol. The third-order valence-electron chi connectivity index (χ3n) is 23.2. The Morgan fingerprint density at radius 2 is 1.22 bits per heavy atom. The van der Waals surface area contributed by atoms with E-state index in [2.05, 4.69) is 68.2 Å². The number of aliphatic hydroxyl groups is 1. The minimum absolute atomic E-state index is 0.0338. The number of amides is 9. The molecule has 0 aliphatic carbocycles. The molecule has 125 heavy (non-hydrogen) atoms. The summed E-state index contributed by atoms with van der Waals surface area (Å²) in [6.45, 7) is 27.2. The van der Waals surface area contributed by atoms with E-state index < -0.39 is 96.1 Å². The van der Waals surface area contributed by atoms with Gasteiger partial charge in [-0.05, 0) is 111 Å². The summed E-state index contributed by atoms with van der Waals surface area (Å²) in [5.41, 5.74) is 9.18. The lowest BCUT2D eigenvalue weighted by molar-refractivity contribution is -0.149. The van der Waals surface area contributed by atoms with Crippen LogP contribution in [-0.4, -0.2) is 277 Å². The predicted octanol–water partition coefficient (Wildman–Crippen LogP) is 9.22. The van der Waals surface area contributed by atoms with E-state index in [1.54, 1.807) is 80.9 Å². The van der Waals surface area contributed by atoms with Gasteiger partial charge in [0, 0.05) is 128 Å². The van der Waals surface area contributed by atoms with Gasteiger partial charge in [0.05, 0.1) is 140 Å². The normalized spacial score (nSPS) is 15.6. The Morgan fingerprint density at radius 3 is 1.79 bits per heavy atom. The number of rotatable bonds is 64. The van der Waals surface area contributed by atoms with Crippen molar-refractivity contribution in [3.05, 3.63) is 102 Å². The summed E-state index contributed by atoms with van der Waals surface area (Å²) >= 11 is 0. The molecule has 0 saturated carbocycles. The van der Waals surface area contributed by atoms with Gasteiger partial charge in [0.1, 0.15) is 12.4 Å². The van der Waals surface area contributed by atoms with Gasteiger partial charge < -0.3 is 104 Å². The summed E-state index contributed by atoms with van der Waals surface area (Å²) in [6, 6.07) is 21.7. The lowest BCUT2D eigenvalue weighted by atomic mass is 9.83. The Labute approximate surface area is 740 Å². The Kier molecular flexibility index (Phi) is 49.3. The van der Waals surface area contributed by atoms with Gasteiger partial charge >= 0.3 is 12.1 Å². The Morgan fingerprint density at radius 1 is 0.608 bits per heavy atom.